The van der Waals surface area contributed by atoms with E-state index in [-0.39, 0.29) is 0 Å². The molecule has 1 aliphatic carbocycles. The molecule has 0 radical (unpaired) electrons. The molecular formula is C8H11F2NO. The van der Waals surface area contributed by atoms with Crippen LogP contribution < -0.4 is 5.32 Å². The van der Waals surface area contributed by atoms with Gasteiger partial charge in [-0.05, 0) is 12.8 Å². The van der Waals surface area contributed by atoms with Gasteiger partial charge in [0, 0.05) is 0 Å². The topological polar surface area (TPSA) is 32.3 Å². The molecular weight excluding hydrogens is 164 g/mol. The van der Waals surface area contributed by atoms with E-state index in [0.717, 1.165) is 0 Å². The number of hydrogen-bond donors (Lipinski definition) is 2. The van der Waals surface area contributed by atoms with Crippen LogP contribution in [0.2, 0.25) is 0 Å². The molecule has 1 atom stereocenters. The van der Waals surface area contributed by atoms with Crippen LogP contribution in [0.5, 0.6) is 0 Å². The van der Waals surface area contributed by atoms with E-state index < -0.39 is 24.1 Å². The minimum atomic E-state index is -2.97. The summed E-state index contributed by atoms with van der Waals surface area (Å²) in [4.78, 5) is 0. The third-order valence-corrected chi connectivity index (χ3v) is 2.73. The van der Waals surface area contributed by atoms with Crippen LogP contribution in [0.15, 0.2) is 12.2 Å². The molecule has 2 rings (SSSR count). The van der Waals surface area contributed by atoms with Crippen molar-refractivity contribution in [3.8, 4) is 0 Å². The molecule has 0 amide bonds. The number of nitrogens with one attached hydrogen (secondary N) is 1. The Balaban J connectivity index is 2.21. The Labute approximate surface area is 69.3 Å². The van der Waals surface area contributed by atoms with Crippen LogP contribution in [0.4, 0.5) is 8.78 Å². The zero-order valence-corrected chi connectivity index (χ0v) is 6.56. The fraction of sp³-hybridized carbons (Fsp3) is 0.750. The lowest BCUT2D eigenvalue weighted by atomic mass is 9.90. The predicted octanol–water partition coefficient (Wildman–Crippen LogP) is 0.675. The summed E-state index contributed by atoms with van der Waals surface area (Å²) in [7, 11) is 0. The van der Waals surface area contributed by atoms with Crippen LogP contribution in [0.3, 0.4) is 0 Å². The van der Waals surface area contributed by atoms with Crippen LogP contribution in [0.25, 0.3) is 0 Å². The molecule has 2 N–H and O–H groups in total. The SMILES string of the molecule is OC1C(F)(F)CNC12CC=CC2. The number of halogens is 2. The van der Waals surface area contributed by atoms with Gasteiger partial charge in [0.1, 0.15) is 6.10 Å². The average molecular weight is 175 g/mol. The van der Waals surface area contributed by atoms with E-state index in [1.807, 2.05) is 12.2 Å². The van der Waals surface area contributed by atoms with Crippen molar-refractivity contribution in [3.63, 3.8) is 0 Å². The summed E-state index contributed by atoms with van der Waals surface area (Å²) in [5.41, 5.74) is -0.774. The molecule has 0 saturated carbocycles. The maximum atomic E-state index is 12.9. The monoisotopic (exact) mass is 175 g/mol. The zero-order valence-electron chi connectivity index (χ0n) is 6.56. The third-order valence-electron chi connectivity index (χ3n) is 2.73. The van der Waals surface area contributed by atoms with E-state index in [0.29, 0.717) is 12.8 Å². The molecule has 12 heavy (non-hydrogen) atoms. The van der Waals surface area contributed by atoms with Crippen molar-refractivity contribution in [2.75, 3.05) is 6.54 Å². The summed E-state index contributed by atoms with van der Waals surface area (Å²) >= 11 is 0. The summed E-state index contributed by atoms with van der Waals surface area (Å²) in [6.07, 6.45) is 3.13. The summed E-state index contributed by atoms with van der Waals surface area (Å²) in [6.45, 7) is -0.407. The Hall–Kier alpha value is -0.480. The molecule has 68 valence electrons. The minimum Gasteiger partial charge on any atom is -0.385 e. The van der Waals surface area contributed by atoms with Crippen molar-refractivity contribution in [2.24, 2.45) is 0 Å². The van der Waals surface area contributed by atoms with Gasteiger partial charge in [-0.15, -0.1) is 0 Å². The Morgan fingerprint density at radius 1 is 1.33 bits per heavy atom. The van der Waals surface area contributed by atoms with E-state index in [1.54, 1.807) is 0 Å². The van der Waals surface area contributed by atoms with Gasteiger partial charge in [-0.1, -0.05) is 12.2 Å². The highest BCUT2D eigenvalue weighted by Crippen LogP contribution is 2.39. The van der Waals surface area contributed by atoms with Gasteiger partial charge in [0.15, 0.2) is 0 Å². The normalized spacial score (nSPS) is 36.4. The molecule has 0 aromatic heterocycles. The molecule has 1 spiro atoms. The van der Waals surface area contributed by atoms with Crippen LogP contribution in [-0.4, -0.2) is 29.2 Å². The fourth-order valence-corrected chi connectivity index (χ4v) is 1.93. The van der Waals surface area contributed by atoms with Crippen LogP contribution in [0, 0.1) is 0 Å². The Bertz CT molecular complexity index is 219. The molecule has 0 aromatic rings. The van der Waals surface area contributed by atoms with Gasteiger partial charge in [0.2, 0.25) is 0 Å². The summed E-state index contributed by atoms with van der Waals surface area (Å²) in [5.74, 6) is -2.97. The van der Waals surface area contributed by atoms with Gasteiger partial charge in [-0.2, -0.15) is 0 Å². The van der Waals surface area contributed by atoms with Crippen molar-refractivity contribution in [3.05, 3.63) is 12.2 Å². The standard InChI is InChI=1S/C8H11F2NO/c9-8(10)5-11-7(6(8)12)3-1-2-4-7/h1-2,6,11-12H,3-5H2. The van der Waals surface area contributed by atoms with Crippen molar-refractivity contribution in [1.29, 1.82) is 0 Å². The molecule has 1 aliphatic heterocycles. The first-order valence-electron chi connectivity index (χ1n) is 4.03. The van der Waals surface area contributed by atoms with Crippen molar-refractivity contribution in [2.45, 2.75) is 30.4 Å². The Kier molecular flexibility index (Phi) is 1.53. The lowest BCUT2D eigenvalue weighted by Gasteiger charge is -2.28. The summed E-state index contributed by atoms with van der Waals surface area (Å²) in [5, 5.41) is 12.1. The molecule has 4 heteroatoms. The largest absolute Gasteiger partial charge is 0.385 e. The van der Waals surface area contributed by atoms with Gasteiger partial charge in [-0.3, -0.25) is 0 Å². The number of rotatable bonds is 0. The van der Waals surface area contributed by atoms with Gasteiger partial charge < -0.3 is 10.4 Å². The first-order chi connectivity index (χ1) is 5.57. The van der Waals surface area contributed by atoms with Crippen molar-refractivity contribution in [1.82, 2.24) is 5.32 Å². The minimum absolute atomic E-state index is 0.407. The number of aliphatic hydroxyl groups is 1. The van der Waals surface area contributed by atoms with Crippen molar-refractivity contribution < 1.29 is 13.9 Å². The first-order valence-corrected chi connectivity index (χ1v) is 4.03. The lowest BCUT2D eigenvalue weighted by molar-refractivity contribution is -0.0943. The smallest absolute Gasteiger partial charge is 0.287 e. The highest BCUT2D eigenvalue weighted by molar-refractivity contribution is 5.18. The molecule has 1 unspecified atom stereocenters. The quantitative estimate of drug-likeness (QED) is 0.530. The van der Waals surface area contributed by atoms with E-state index in [9.17, 15) is 13.9 Å². The van der Waals surface area contributed by atoms with E-state index in [1.165, 1.54) is 0 Å². The maximum absolute atomic E-state index is 12.9. The van der Waals surface area contributed by atoms with Gasteiger partial charge >= 0.3 is 0 Å². The second kappa shape index (κ2) is 2.26. The van der Waals surface area contributed by atoms with E-state index >= 15 is 0 Å². The molecule has 0 bridgehead atoms. The predicted molar refractivity (Wildman–Crippen MR) is 40.1 cm³/mol. The first kappa shape index (κ1) is 8.13. The summed E-state index contributed by atoms with van der Waals surface area (Å²) in [6, 6.07) is 0. The number of alkyl halides is 2. The van der Waals surface area contributed by atoms with Crippen LogP contribution in [0.1, 0.15) is 12.8 Å². The van der Waals surface area contributed by atoms with E-state index in [2.05, 4.69) is 5.32 Å². The zero-order chi connectivity index (χ0) is 8.82. The molecule has 1 fully saturated rings. The number of aliphatic hydroxyl groups excluding tert-OH is 1. The van der Waals surface area contributed by atoms with Gasteiger partial charge in [0.05, 0.1) is 12.1 Å². The van der Waals surface area contributed by atoms with E-state index in [4.69, 9.17) is 0 Å². The van der Waals surface area contributed by atoms with Gasteiger partial charge in [-0.25, -0.2) is 8.78 Å². The molecule has 0 aromatic carbocycles. The molecule has 1 heterocycles. The molecule has 2 nitrogen and oxygen atoms in total. The Morgan fingerprint density at radius 3 is 2.33 bits per heavy atom. The second-order valence-electron chi connectivity index (χ2n) is 3.55. The van der Waals surface area contributed by atoms with Crippen LogP contribution >= 0.6 is 0 Å². The lowest BCUT2D eigenvalue weighted by Crippen LogP contribution is -2.48. The fourth-order valence-electron chi connectivity index (χ4n) is 1.93. The highest BCUT2D eigenvalue weighted by atomic mass is 19.3. The third kappa shape index (κ3) is 0.912. The number of hydrogen-bond acceptors (Lipinski definition) is 2. The highest BCUT2D eigenvalue weighted by Gasteiger charge is 2.57. The van der Waals surface area contributed by atoms with Crippen molar-refractivity contribution >= 4 is 0 Å². The summed E-state index contributed by atoms with van der Waals surface area (Å²) < 4.78 is 25.8. The molecule has 2 aliphatic rings. The Morgan fingerprint density at radius 2 is 1.92 bits per heavy atom. The van der Waals surface area contributed by atoms with Crippen LogP contribution in [-0.2, 0) is 0 Å². The average Bonchev–Trinajstić information content (AvgIpc) is 2.55. The second-order valence-corrected chi connectivity index (χ2v) is 3.55. The van der Waals surface area contributed by atoms with Gasteiger partial charge in [0.25, 0.3) is 5.92 Å². The maximum Gasteiger partial charge on any atom is 0.287 e. The molecule has 1 saturated heterocycles.